The molecule has 0 saturated heterocycles. The fourth-order valence-electron chi connectivity index (χ4n) is 3.17. The molecule has 11 heteroatoms. The maximum Gasteiger partial charge on any atom is 0.417 e. The van der Waals surface area contributed by atoms with E-state index in [1.54, 1.807) is 0 Å². The standard InChI is InChI=1S/C23H20F6N2O2S/c1-2-3-4-18-19(34-21(31-18)13-5-7-14(8-6-13)22(24,25)26)12-33-15-9-10-16(20(30)32)17(11-15)23(27,28)29/h5-11H,2-4,12H2,1H3,(H2,30,32). The van der Waals surface area contributed by atoms with Crippen LogP contribution >= 0.6 is 11.3 Å². The fraction of sp³-hybridized carbons (Fsp3) is 0.304. The van der Waals surface area contributed by atoms with E-state index < -0.39 is 35.0 Å². The molecular weight excluding hydrogens is 482 g/mol. The van der Waals surface area contributed by atoms with Crippen molar-refractivity contribution in [2.45, 2.75) is 45.1 Å². The van der Waals surface area contributed by atoms with E-state index in [4.69, 9.17) is 10.5 Å². The van der Waals surface area contributed by atoms with Crippen molar-refractivity contribution in [2.24, 2.45) is 5.73 Å². The van der Waals surface area contributed by atoms with Crippen molar-refractivity contribution in [1.82, 2.24) is 4.98 Å². The molecule has 182 valence electrons. The summed E-state index contributed by atoms with van der Waals surface area (Å²) >= 11 is 1.20. The summed E-state index contributed by atoms with van der Waals surface area (Å²) in [5.41, 5.74) is 3.57. The number of amides is 1. The second kappa shape index (κ2) is 10.0. The van der Waals surface area contributed by atoms with Gasteiger partial charge in [-0.05, 0) is 43.2 Å². The van der Waals surface area contributed by atoms with E-state index in [0.29, 0.717) is 33.6 Å². The summed E-state index contributed by atoms with van der Waals surface area (Å²) in [6, 6.07) is 7.48. The number of carbonyl (C=O) groups excluding carboxylic acids is 1. The van der Waals surface area contributed by atoms with Gasteiger partial charge in [0.25, 0.3) is 0 Å². The van der Waals surface area contributed by atoms with Crippen molar-refractivity contribution in [1.29, 1.82) is 0 Å². The molecule has 0 aliphatic rings. The van der Waals surface area contributed by atoms with Crippen molar-refractivity contribution >= 4 is 17.2 Å². The minimum Gasteiger partial charge on any atom is -0.488 e. The maximum atomic E-state index is 13.3. The van der Waals surface area contributed by atoms with Crippen LogP contribution < -0.4 is 10.5 Å². The number of carbonyl (C=O) groups is 1. The SMILES string of the molecule is CCCCc1nc(-c2ccc(C(F)(F)F)cc2)sc1COc1ccc(C(N)=O)c(C(F)(F)F)c1. The third-order valence-electron chi connectivity index (χ3n) is 4.94. The molecule has 0 unspecified atom stereocenters. The topological polar surface area (TPSA) is 65.2 Å². The van der Waals surface area contributed by atoms with Gasteiger partial charge in [0.1, 0.15) is 17.4 Å². The summed E-state index contributed by atoms with van der Waals surface area (Å²) in [5, 5.41) is 0.485. The first kappa shape index (κ1) is 25.5. The van der Waals surface area contributed by atoms with Crippen LogP contribution in [0, 0.1) is 0 Å². The molecule has 0 saturated carbocycles. The number of aromatic nitrogens is 1. The Bertz CT molecular complexity index is 1150. The smallest absolute Gasteiger partial charge is 0.417 e. The van der Waals surface area contributed by atoms with Gasteiger partial charge in [-0.2, -0.15) is 26.3 Å². The van der Waals surface area contributed by atoms with Gasteiger partial charge in [0.05, 0.1) is 27.3 Å². The van der Waals surface area contributed by atoms with Gasteiger partial charge in [-0.1, -0.05) is 25.5 Å². The monoisotopic (exact) mass is 502 g/mol. The molecule has 0 aliphatic heterocycles. The Morgan fingerprint density at radius 3 is 2.26 bits per heavy atom. The number of thiazole rings is 1. The zero-order chi connectivity index (χ0) is 25.1. The van der Waals surface area contributed by atoms with Gasteiger partial charge in [0.15, 0.2) is 0 Å². The Hall–Kier alpha value is -3.08. The molecule has 2 N–H and O–H groups in total. The molecule has 4 nitrogen and oxygen atoms in total. The maximum absolute atomic E-state index is 13.3. The summed E-state index contributed by atoms with van der Waals surface area (Å²) in [6.45, 7) is 1.89. The van der Waals surface area contributed by atoms with Gasteiger partial charge in [0.2, 0.25) is 5.91 Å². The van der Waals surface area contributed by atoms with Crippen LogP contribution in [-0.2, 0) is 25.4 Å². The highest BCUT2D eigenvalue weighted by Gasteiger charge is 2.35. The van der Waals surface area contributed by atoms with Gasteiger partial charge in [0, 0.05) is 5.56 Å². The van der Waals surface area contributed by atoms with Gasteiger partial charge in [-0.3, -0.25) is 4.79 Å². The molecule has 0 aliphatic carbocycles. The predicted molar refractivity (Wildman–Crippen MR) is 115 cm³/mol. The molecule has 0 bridgehead atoms. The minimum atomic E-state index is -4.80. The molecule has 1 amide bonds. The number of hydrogen-bond donors (Lipinski definition) is 1. The molecule has 0 atom stereocenters. The highest BCUT2D eigenvalue weighted by atomic mass is 32.1. The first-order valence-electron chi connectivity index (χ1n) is 10.2. The summed E-state index contributed by atoms with van der Waals surface area (Å²) in [7, 11) is 0. The zero-order valence-electron chi connectivity index (χ0n) is 17.9. The van der Waals surface area contributed by atoms with Crippen LogP contribution in [0.2, 0.25) is 0 Å². The van der Waals surface area contributed by atoms with Crippen LogP contribution in [0.4, 0.5) is 26.3 Å². The summed E-state index contributed by atoms with van der Waals surface area (Å²) in [4.78, 5) is 16.5. The Kier molecular flexibility index (Phi) is 7.54. The molecular formula is C23H20F6N2O2S. The van der Waals surface area contributed by atoms with Crippen LogP contribution in [0.15, 0.2) is 42.5 Å². The van der Waals surface area contributed by atoms with E-state index in [1.165, 1.54) is 29.5 Å². The molecule has 1 heterocycles. The molecule has 0 fully saturated rings. The number of benzene rings is 2. The van der Waals surface area contributed by atoms with Crippen LogP contribution in [0.5, 0.6) is 5.75 Å². The summed E-state index contributed by atoms with van der Waals surface area (Å²) in [6.07, 6.45) is -6.99. The molecule has 2 aromatic carbocycles. The number of ether oxygens (including phenoxy) is 1. The molecule has 34 heavy (non-hydrogen) atoms. The number of halogens is 6. The van der Waals surface area contributed by atoms with Crippen molar-refractivity contribution in [3.63, 3.8) is 0 Å². The largest absolute Gasteiger partial charge is 0.488 e. The molecule has 0 radical (unpaired) electrons. The summed E-state index contributed by atoms with van der Waals surface area (Å²) in [5.74, 6) is -1.31. The number of primary amides is 1. The number of unbranched alkanes of at least 4 members (excludes halogenated alkanes) is 1. The first-order valence-corrected chi connectivity index (χ1v) is 11.0. The van der Waals surface area contributed by atoms with Gasteiger partial charge >= 0.3 is 12.4 Å². The van der Waals surface area contributed by atoms with E-state index in [-0.39, 0.29) is 12.4 Å². The third-order valence-corrected chi connectivity index (χ3v) is 6.06. The van der Waals surface area contributed by atoms with Gasteiger partial charge in [-0.25, -0.2) is 4.98 Å². The lowest BCUT2D eigenvalue weighted by Crippen LogP contribution is -2.18. The Balaban J connectivity index is 1.87. The Morgan fingerprint density at radius 2 is 1.71 bits per heavy atom. The number of hydrogen-bond acceptors (Lipinski definition) is 4. The second-order valence-electron chi connectivity index (χ2n) is 7.43. The van der Waals surface area contributed by atoms with E-state index in [1.807, 2.05) is 6.92 Å². The fourth-order valence-corrected chi connectivity index (χ4v) is 4.20. The average Bonchev–Trinajstić information content (AvgIpc) is 3.18. The van der Waals surface area contributed by atoms with E-state index in [2.05, 4.69) is 4.98 Å². The van der Waals surface area contributed by atoms with Crippen molar-refractivity contribution in [3.05, 3.63) is 69.7 Å². The van der Waals surface area contributed by atoms with Crippen LogP contribution in [-0.4, -0.2) is 10.9 Å². The lowest BCUT2D eigenvalue weighted by molar-refractivity contribution is -0.138. The number of alkyl halides is 6. The van der Waals surface area contributed by atoms with Crippen molar-refractivity contribution in [2.75, 3.05) is 0 Å². The first-order chi connectivity index (χ1) is 15.9. The molecule has 3 rings (SSSR count). The molecule has 0 spiro atoms. The highest BCUT2D eigenvalue weighted by Crippen LogP contribution is 2.36. The lowest BCUT2D eigenvalue weighted by atomic mass is 10.1. The van der Waals surface area contributed by atoms with Crippen molar-refractivity contribution < 1.29 is 35.9 Å². The van der Waals surface area contributed by atoms with Crippen molar-refractivity contribution in [3.8, 4) is 16.3 Å². The number of rotatable bonds is 8. The van der Waals surface area contributed by atoms with Crippen LogP contribution in [0.25, 0.3) is 10.6 Å². The quantitative estimate of drug-likeness (QED) is 0.342. The number of nitrogens with two attached hydrogens (primary N) is 1. The predicted octanol–water partition coefficient (Wildman–Crippen LogP) is 6.87. The Labute approximate surface area is 195 Å². The number of nitrogens with zero attached hydrogens (tertiary/aromatic N) is 1. The molecule has 1 aromatic heterocycles. The second-order valence-corrected chi connectivity index (χ2v) is 8.51. The van der Waals surface area contributed by atoms with E-state index in [9.17, 15) is 31.1 Å². The average molecular weight is 502 g/mol. The van der Waals surface area contributed by atoms with E-state index in [0.717, 1.165) is 31.0 Å². The Morgan fingerprint density at radius 1 is 1.03 bits per heavy atom. The third kappa shape index (κ3) is 6.07. The zero-order valence-corrected chi connectivity index (χ0v) is 18.7. The van der Waals surface area contributed by atoms with Crippen LogP contribution in [0.3, 0.4) is 0 Å². The highest BCUT2D eigenvalue weighted by molar-refractivity contribution is 7.15. The summed E-state index contributed by atoms with van der Waals surface area (Å²) < 4.78 is 84.0. The molecule has 3 aromatic rings. The van der Waals surface area contributed by atoms with Gasteiger partial charge in [-0.15, -0.1) is 11.3 Å². The van der Waals surface area contributed by atoms with Gasteiger partial charge < -0.3 is 10.5 Å². The lowest BCUT2D eigenvalue weighted by Gasteiger charge is -2.13. The normalized spacial score (nSPS) is 12.1. The van der Waals surface area contributed by atoms with E-state index >= 15 is 0 Å². The minimum absolute atomic E-state index is 0.0927. The number of aryl methyl sites for hydroxylation is 1. The van der Waals surface area contributed by atoms with Crippen LogP contribution in [0.1, 0.15) is 51.8 Å².